The summed E-state index contributed by atoms with van der Waals surface area (Å²) in [6, 6.07) is 12.2. The van der Waals surface area contributed by atoms with E-state index >= 15 is 0 Å². The van der Waals surface area contributed by atoms with Gasteiger partial charge in [0.1, 0.15) is 11.9 Å². The summed E-state index contributed by atoms with van der Waals surface area (Å²) in [5.74, 6) is 0.431. The predicted molar refractivity (Wildman–Crippen MR) is 156 cm³/mol. The third-order valence-corrected chi connectivity index (χ3v) is 7.75. The first-order valence-corrected chi connectivity index (χ1v) is 14.2. The molecule has 2 aromatic carbocycles. The van der Waals surface area contributed by atoms with Gasteiger partial charge in [0.2, 0.25) is 11.8 Å². The highest BCUT2D eigenvalue weighted by molar-refractivity contribution is 6.30. The summed E-state index contributed by atoms with van der Waals surface area (Å²) in [6.45, 7) is 4.54. The van der Waals surface area contributed by atoms with Crippen molar-refractivity contribution in [1.82, 2.24) is 15.1 Å². The van der Waals surface area contributed by atoms with Crippen molar-refractivity contribution in [1.29, 1.82) is 0 Å². The van der Waals surface area contributed by atoms with E-state index in [9.17, 15) is 14.4 Å². The molecule has 12 heteroatoms. The van der Waals surface area contributed by atoms with Crippen LogP contribution < -0.4 is 16.0 Å². The maximum atomic E-state index is 13.4. The second-order valence-electron chi connectivity index (χ2n) is 10.5. The Labute approximate surface area is 244 Å². The Hall–Kier alpha value is -3.67. The van der Waals surface area contributed by atoms with Crippen LogP contribution in [0.5, 0.6) is 0 Å². The molecule has 3 aliphatic heterocycles. The molecule has 2 aromatic rings. The SMILES string of the molecule is CC1OC(C2CCN(C(=O)CC(NC(=O)Nc3ccc(Cl)cc3)C(=O)Nc3ccc(C4=NCCN4C)cc3)CC2)O1. The minimum absolute atomic E-state index is 0.182. The second-order valence-corrected chi connectivity index (χ2v) is 10.9. The van der Waals surface area contributed by atoms with E-state index in [2.05, 4.69) is 25.8 Å². The molecular formula is C29H35ClN6O5. The van der Waals surface area contributed by atoms with Gasteiger partial charge in [0.15, 0.2) is 12.6 Å². The van der Waals surface area contributed by atoms with Crippen molar-refractivity contribution < 1.29 is 23.9 Å². The number of amidine groups is 1. The molecule has 3 N–H and O–H groups in total. The number of anilines is 2. The van der Waals surface area contributed by atoms with Crippen LogP contribution in [-0.2, 0) is 19.1 Å². The van der Waals surface area contributed by atoms with Crippen LogP contribution >= 0.6 is 11.6 Å². The summed E-state index contributed by atoms with van der Waals surface area (Å²) >= 11 is 5.93. The summed E-state index contributed by atoms with van der Waals surface area (Å²) in [6.07, 6.45) is 0.913. The lowest BCUT2D eigenvalue weighted by Gasteiger charge is -2.42. The quantitative estimate of drug-likeness (QED) is 0.437. The molecule has 11 nitrogen and oxygen atoms in total. The first-order valence-electron chi connectivity index (χ1n) is 13.8. The van der Waals surface area contributed by atoms with Crippen LogP contribution in [-0.4, -0.2) is 85.3 Å². The second kappa shape index (κ2) is 12.9. The van der Waals surface area contributed by atoms with Crippen LogP contribution in [0.25, 0.3) is 0 Å². The molecule has 0 aromatic heterocycles. The van der Waals surface area contributed by atoms with Gasteiger partial charge in [-0.1, -0.05) is 11.6 Å². The summed E-state index contributed by atoms with van der Waals surface area (Å²) < 4.78 is 11.2. The predicted octanol–water partition coefficient (Wildman–Crippen LogP) is 3.51. The third kappa shape index (κ3) is 7.35. The van der Waals surface area contributed by atoms with E-state index in [1.165, 1.54) is 0 Å². The van der Waals surface area contributed by atoms with Crippen molar-refractivity contribution >= 4 is 46.7 Å². The monoisotopic (exact) mass is 582 g/mol. The van der Waals surface area contributed by atoms with E-state index in [1.807, 2.05) is 26.1 Å². The van der Waals surface area contributed by atoms with Gasteiger partial charge in [-0.15, -0.1) is 0 Å². The molecule has 0 radical (unpaired) electrons. The lowest BCUT2D eigenvalue weighted by atomic mass is 9.95. The van der Waals surface area contributed by atoms with Crippen molar-refractivity contribution in [3.63, 3.8) is 0 Å². The maximum absolute atomic E-state index is 13.4. The van der Waals surface area contributed by atoms with Gasteiger partial charge in [-0.05, 0) is 68.3 Å². The smallest absolute Gasteiger partial charge is 0.319 e. The van der Waals surface area contributed by atoms with Crippen molar-refractivity contribution in [3.05, 3.63) is 59.1 Å². The number of urea groups is 1. The number of piperidine rings is 1. The minimum Gasteiger partial charge on any atom is -0.358 e. The van der Waals surface area contributed by atoms with Crippen LogP contribution in [0.3, 0.4) is 0 Å². The lowest BCUT2D eigenvalue weighted by Crippen LogP contribution is -2.51. The molecule has 5 rings (SSSR count). The fourth-order valence-electron chi connectivity index (χ4n) is 5.18. The van der Waals surface area contributed by atoms with Gasteiger partial charge in [-0.2, -0.15) is 0 Å². The fraction of sp³-hybridized carbons (Fsp3) is 0.448. The van der Waals surface area contributed by atoms with E-state index in [0.29, 0.717) is 29.5 Å². The van der Waals surface area contributed by atoms with E-state index in [1.54, 1.807) is 41.3 Å². The molecule has 218 valence electrons. The van der Waals surface area contributed by atoms with Crippen molar-refractivity contribution in [2.75, 3.05) is 43.9 Å². The Balaban J connectivity index is 1.22. The average molecular weight is 583 g/mol. The molecule has 3 heterocycles. The third-order valence-electron chi connectivity index (χ3n) is 7.50. The summed E-state index contributed by atoms with van der Waals surface area (Å²) in [5, 5.41) is 8.74. The lowest BCUT2D eigenvalue weighted by molar-refractivity contribution is -0.394. The summed E-state index contributed by atoms with van der Waals surface area (Å²) in [7, 11) is 1.99. The Morgan fingerprint density at radius 3 is 2.22 bits per heavy atom. The topological polar surface area (TPSA) is 125 Å². The Kier molecular flexibility index (Phi) is 9.06. The Morgan fingerprint density at radius 1 is 0.976 bits per heavy atom. The molecule has 0 saturated carbocycles. The Morgan fingerprint density at radius 2 is 1.61 bits per heavy atom. The first-order chi connectivity index (χ1) is 19.7. The minimum atomic E-state index is -1.10. The van der Waals surface area contributed by atoms with Gasteiger partial charge in [0.05, 0.1) is 13.0 Å². The summed E-state index contributed by atoms with van der Waals surface area (Å²) in [5.41, 5.74) is 2.00. The number of nitrogens with one attached hydrogen (secondary N) is 3. The highest BCUT2D eigenvalue weighted by Gasteiger charge is 2.37. The van der Waals surface area contributed by atoms with Crippen molar-refractivity contribution in [2.24, 2.45) is 10.9 Å². The number of likely N-dealkylation sites (tertiary alicyclic amines) is 1. The average Bonchev–Trinajstić information content (AvgIpc) is 3.38. The van der Waals surface area contributed by atoms with E-state index in [-0.39, 0.29) is 30.8 Å². The number of aliphatic imine (C=N–C) groups is 1. The Bertz CT molecular complexity index is 1270. The number of hydrogen-bond donors (Lipinski definition) is 3. The molecule has 2 saturated heterocycles. The van der Waals surface area contributed by atoms with E-state index in [4.69, 9.17) is 21.1 Å². The number of benzene rings is 2. The van der Waals surface area contributed by atoms with Crippen LogP contribution in [0.4, 0.5) is 16.2 Å². The van der Waals surface area contributed by atoms with Gasteiger partial charge in [0, 0.05) is 54.6 Å². The highest BCUT2D eigenvalue weighted by Crippen LogP contribution is 2.31. The van der Waals surface area contributed by atoms with Gasteiger partial charge in [-0.3, -0.25) is 14.6 Å². The molecule has 0 bridgehead atoms. The normalized spacial score (nSPS) is 21.5. The largest absolute Gasteiger partial charge is 0.358 e. The molecule has 4 amide bonds. The van der Waals surface area contributed by atoms with Crippen molar-refractivity contribution in [2.45, 2.75) is 44.8 Å². The van der Waals surface area contributed by atoms with E-state index in [0.717, 1.165) is 37.3 Å². The zero-order chi connectivity index (χ0) is 28.9. The number of likely N-dealkylation sites (N-methyl/N-ethyl adjacent to an activating group) is 1. The first kappa shape index (κ1) is 28.8. The number of carbonyl (C=O) groups is 3. The van der Waals surface area contributed by atoms with Crippen molar-refractivity contribution in [3.8, 4) is 0 Å². The number of halogens is 1. The number of nitrogens with zero attached hydrogens (tertiary/aromatic N) is 3. The fourth-order valence-corrected chi connectivity index (χ4v) is 5.31. The summed E-state index contributed by atoms with van der Waals surface area (Å²) in [4.78, 5) is 47.8. The zero-order valence-corrected chi connectivity index (χ0v) is 23.9. The molecule has 0 aliphatic carbocycles. The highest BCUT2D eigenvalue weighted by atomic mass is 35.5. The molecular weight excluding hydrogens is 548 g/mol. The standard InChI is InChI=1S/C29H35ClN6O5/c1-18-40-28(41-18)20-11-14-36(15-12-20)25(37)17-24(34-29(39)33-23-9-5-21(30)6-10-23)27(38)32-22-7-3-19(4-8-22)26-31-13-16-35(26)2/h3-10,18,20,24,28H,11-17H2,1-2H3,(H,32,38)(H2,33,34,39). The van der Waals surface area contributed by atoms with Gasteiger partial charge < -0.3 is 35.2 Å². The molecule has 0 spiro atoms. The van der Waals surface area contributed by atoms with Gasteiger partial charge in [-0.25, -0.2) is 4.79 Å². The molecule has 1 unspecified atom stereocenters. The van der Waals surface area contributed by atoms with Gasteiger partial charge in [0.25, 0.3) is 0 Å². The maximum Gasteiger partial charge on any atom is 0.319 e. The molecule has 2 fully saturated rings. The zero-order valence-electron chi connectivity index (χ0n) is 23.1. The van der Waals surface area contributed by atoms with E-state index < -0.39 is 18.0 Å². The molecule has 3 aliphatic rings. The van der Waals surface area contributed by atoms with Crippen LogP contribution in [0, 0.1) is 5.92 Å². The number of hydrogen-bond acceptors (Lipinski definition) is 7. The van der Waals surface area contributed by atoms with Crippen LogP contribution in [0.2, 0.25) is 5.02 Å². The molecule has 1 atom stereocenters. The number of carbonyl (C=O) groups excluding carboxylic acids is 3. The number of amides is 4. The van der Waals surface area contributed by atoms with Crippen LogP contribution in [0.1, 0.15) is 31.7 Å². The van der Waals surface area contributed by atoms with Crippen LogP contribution in [0.15, 0.2) is 53.5 Å². The molecule has 41 heavy (non-hydrogen) atoms. The number of ether oxygens (including phenoxy) is 2. The van der Waals surface area contributed by atoms with Gasteiger partial charge >= 0.3 is 6.03 Å². The number of rotatable bonds is 8.